The molecule has 1 aromatic carbocycles. The van der Waals surface area contributed by atoms with Crippen molar-refractivity contribution in [2.24, 2.45) is 0 Å². The average Bonchev–Trinajstić information content (AvgIpc) is 2.32. The fourth-order valence-electron chi connectivity index (χ4n) is 1.56. The summed E-state index contributed by atoms with van der Waals surface area (Å²) >= 11 is 5.47. The Balaban J connectivity index is 2.98. The Hall–Kier alpha value is -1.35. The second-order valence-electron chi connectivity index (χ2n) is 3.66. The highest BCUT2D eigenvalue weighted by atomic mass is 35.5. The number of alkyl halides is 1. The first-order chi connectivity index (χ1) is 8.10. The normalized spacial score (nSPS) is 10.1. The summed E-state index contributed by atoms with van der Waals surface area (Å²) in [5.74, 6) is -0.427. The minimum absolute atomic E-state index is 0.0108. The molecule has 0 aliphatic carbocycles. The molecule has 0 atom stereocenters. The van der Waals surface area contributed by atoms with Gasteiger partial charge in [0.25, 0.3) is 0 Å². The number of carbonyl (C=O) groups excluding carboxylic acids is 2. The van der Waals surface area contributed by atoms with E-state index in [1.54, 1.807) is 19.1 Å². The van der Waals surface area contributed by atoms with Gasteiger partial charge >= 0.3 is 5.97 Å². The van der Waals surface area contributed by atoms with Gasteiger partial charge < -0.3 is 4.74 Å². The molecule has 0 saturated heterocycles. The summed E-state index contributed by atoms with van der Waals surface area (Å²) in [6.07, 6.45) is 0.253. The van der Waals surface area contributed by atoms with Crippen molar-refractivity contribution in [1.29, 1.82) is 0 Å². The fourth-order valence-corrected chi connectivity index (χ4v) is 1.66. The summed E-state index contributed by atoms with van der Waals surface area (Å²) in [5, 5.41) is 0. The lowest BCUT2D eigenvalue weighted by molar-refractivity contribution is -0.116. The molecule has 4 heteroatoms. The van der Waals surface area contributed by atoms with E-state index < -0.39 is 0 Å². The number of carbonyl (C=O) groups is 2. The topological polar surface area (TPSA) is 43.4 Å². The average molecular weight is 255 g/mol. The van der Waals surface area contributed by atoms with Gasteiger partial charge in [0.15, 0.2) is 5.78 Å². The Bertz CT molecular complexity index is 427. The molecule has 0 aliphatic heterocycles. The number of benzene rings is 1. The molecule has 0 radical (unpaired) electrons. The smallest absolute Gasteiger partial charge is 0.338 e. The van der Waals surface area contributed by atoms with Crippen molar-refractivity contribution in [2.75, 3.05) is 12.5 Å². The molecule has 1 aromatic rings. The monoisotopic (exact) mass is 254 g/mol. The highest BCUT2D eigenvalue weighted by molar-refractivity contribution is 6.27. The van der Waals surface area contributed by atoms with Gasteiger partial charge in [0.05, 0.1) is 18.1 Å². The predicted molar refractivity (Wildman–Crippen MR) is 66.6 cm³/mol. The minimum atomic E-state index is -0.356. The lowest BCUT2D eigenvalue weighted by Gasteiger charge is -2.09. The predicted octanol–water partition coefficient (Wildman–Crippen LogP) is 2.52. The van der Waals surface area contributed by atoms with Crippen molar-refractivity contribution >= 4 is 23.4 Å². The van der Waals surface area contributed by atoms with Crippen LogP contribution >= 0.6 is 11.6 Å². The second-order valence-corrected chi connectivity index (χ2v) is 3.93. The van der Waals surface area contributed by atoms with Crippen molar-refractivity contribution < 1.29 is 14.3 Å². The van der Waals surface area contributed by atoms with E-state index in [2.05, 4.69) is 0 Å². The van der Waals surface area contributed by atoms with E-state index in [1.165, 1.54) is 0 Å². The van der Waals surface area contributed by atoms with E-state index in [9.17, 15) is 9.59 Å². The highest BCUT2D eigenvalue weighted by Gasteiger charge is 2.13. The van der Waals surface area contributed by atoms with Crippen LogP contribution in [-0.4, -0.2) is 24.2 Å². The molecule has 0 heterocycles. The molecule has 17 heavy (non-hydrogen) atoms. The van der Waals surface area contributed by atoms with Crippen LogP contribution in [0.3, 0.4) is 0 Å². The molecular formula is C13H15ClO3. The Morgan fingerprint density at radius 2 is 2.06 bits per heavy atom. The molecule has 0 unspecified atom stereocenters. The van der Waals surface area contributed by atoms with Gasteiger partial charge in [0.1, 0.15) is 0 Å². The maximum atomic E-state index is 11.6. The first-order valence-electron chi connectivity index (χ1n) is 5.43. The van der Waals surface area contributed by atoms with Crippen LogP contribution in [0.5, 0.6) is 0 Å². The first kappa shape index (κ1) is 13.7. The number of hydrogen-bond donors (Lipinski definition) is 0. The molecule has 0 saturated carbocycles. The third kappa shape index (κ3) is 3.56. The van der Waals surface area contributed by atoms with Crippen LogP contribution in [0.2, 0.25) is 0 Å². The van der Waals surface area contributed by atoms with Gasteiger partial charge in [0, 0.05) is 6.42 Å². The maximum absolute atomic E-state index is 11.6. The number of hydrogen-bond acceptors (Lipinski definition) is 3. The van der Waals surface area contributed by atoms with Gasteiger partial charge in [-0.15, -0.1) is 11.6 Å². The standard InChI is InChI=1S/C13H15ClO3/c1-3-17-13(16)12-6-4-5-10(9(12)2)7-11(15)8-14/h4-6H,3,7-8H2,1-2H3. The Morgan fingerprint density at radius 1 is 1.35 bits per heavy atom. The van der Waals surface area contributed by atoms with Crippen molar-refractivity contribution in [1.82, 2.24) is 0 Å². The van der Waals surface area contributed by atoms with Crippen LogP contribution in [0.15, 0.2) is 18.2 Å². The molecule has 0 aromatic heterocycles. The molecule has 0 aliphatic rings. The molecule has 0 spiro atoms. The third-order valence-corrected chi connectivity index (χ3v) is 2.78. The van der Waals surface area contributed by atoms with Gasteiger partial charge in [-0.05, 0) is 31.0 Å². The summed E-state index contributed by atoms with van der Waals surface area (Å²) < 4.78 is 4.95. The largest absolute Gasteiger partial charge is 0.462 e. The molecule has 0 bridgehead atoms. The van der Waals surface area contributed by atoms with Gasteiger partial charge in [-0.3, -0.25) is 4.79 Å². The van der Waals surface area contributed by atoms with E-state index in [-0.39, 0.29) is 24.1 Å². The summed E-state index contributed by atoms with van der Waals surface area (Å²) in [6.45, 7) is 3.90. The fraction of sp³-hybridized carbons (Fsp3) is 0.385. The number of halogens is 1. The molecule has 0 N–H and O–H groups in total. The molecule has 3 nitrogen and oxygen atoms in total. The van der Waals surface area contributed by atoms with E-state index in [4.69, 9.17) is 16.3 Å². The first-order valence-corrected chi connectivity index (χ1v) is 5.96. The SMILES string of the molecule is CCOC(=O)c1cccc(CC(=O)CCl)c1C. The molecule has 0 fully saturated rings. The zero-order valence-electron chi connectivity index (χ0n) is 9.96. The molecule has 1 rings (SSSR count). The van der Waals surface area contributed by atoms with Gasteiger partial charge in [-0.1, -0.05) is 12.1 Å². The summed E-state index contributed by atoms with van der Waals surface area (Å²) in [7, 11) is 0. The molecule has 92 valence electrons. The van der Waals surface area contributed by atoms with Crippen molar-refractivity contribution in [3.63, 3.8) is 0 Å². The second kappa shape index (κ2) is 6.40. The number of esters is 1. The summed E-state index contributed by atoms with van der Waals surface area (Å²) in [5.41, 5.74) is 2.11. The van der Waals surface area contributed by atoms with Gasteiger partial charge in [-0.2, -0.15) is 0 Å². The van der Waals surface area contributed by atoms with Crippen molar-refractivity contribution in [2.45, 2.75) is 20.3 Å². The zero-order chi connectivity index (χ0) is 12.8. The van der Waals surface area contributed by atoms with Crippen LogP contribution in [0, 0.1) is 6.92 Å². The molecule has 0 amide bonds. The van der Waals surface area contributed by atoms with E-state index in [0.29, 0.717) is 12.2 Å². The number of ketones is 1. The number of rotatable bonds is 5. The summed E-state index contributed by atoms with van der Waals surface area (Å²) in [4.78, 5) is 22.9. The highest BCUT2D eigenvalue weighted by Crippen LogP contribution is 2.16. The number of Topliss-reactive ketones (excluding diaryl/α,β-unsaturated/α-hetero) is 1. The lowest BCUT2D eigenvalue weighted by atomic mass is 9.99. The number of ether oxygens (including phenoxy) is 1. The van der Waals surface area contributed by atoms with Gasteiger partial charge in [-0.25, -0.2) is 4.79 Å². The lowest BCUT2D eigenvalue weighted by Crippen LogP contribution is -2.11. The van der Waals surface area contributed by atoms with E-state index >= 15 is 0 Å². The Kier molecular flexibility index (Phi) is 5.16. The maximum Gasteiger partial charge on any atom is 0.338 e. The van der Waals surface area contributed by atoms with Gasteiger partial charge in [0.2, 0.25) is 0 Å². The van der Waals surface area contributed by atoms with Crippen LogP contribution in [0.4, 0.5) is 0 Å². The summed E-state index contributed by atoms with van der Waals surface area (Å²) in [6, 6.07) is 5.26. The van der Waals surface area contributed by atoms with Crippen molar-refractivity contribution in [3.8, 4) is 0 Å². The Morgan fingerprint density at radius 3 is 2.65 bits per heavy atom. The van der Waals surface area contributed by atoms with Crippen LogP contribution in [0.25, 0.3) is 0 Å². The minimum Gasteiger partial charge on any atom is -0.462 e. The van der Waals surface area contributed by atoms with E-state index in [0.717, 1.165) is 11.1 Å². The third-order valence-electron chi connectivity index (χ3n) is 2.48. The van der Waals surface area contributed by atoms with Crippen LogP contribution in [-0.2, 0) is 16.0 Å². The zero-order valence-corrected chi connectivity index (χ0v) is 10.7. The van der Waals surface area contributed by atoms with Crippen molar-refractivity contribution in [3.05, 3.63) is 34.9 Å². The van der Waals surface area contributed by atoms with E-state index in [1.807, 2.05) is 13.0 Å². The Labute approximate surface area is 106 Å². The van der Waals surface area contributed by atoms with Crippen LogP contribution in [0.1, 0.15) is 28.4 Å². The molecular weight excluding hydrogens is 240 g/mol. The quantitative estimate of drug-likeness (QED) is 0.599. The van der Waals surface area contributed by atoms with Crippen LogP contribution < -0.4 is 0 Å².